The third kappa shape index (κ3) is 4.74. The second-order valence-electron chi connectivity index (χ2n) is 6.17. The van der Waals surface area contributed by atoms with Crippen LogP contribution in [0.3, 0.4) is 0 Å². The van der Waals surface area contributed by atoms with E-state index in [0.29, 0.717) is 11.4 Å². The predicted octanol–water partition coefficient (Wildman–Crippen LogP) is 2.64. The molecule has 2 heterocycles. The van der Waals surface area contributed by atoms with Crippen LogP contribution in [0.4, 0.5) is 5.82 Å². The fourth-order valence-electron chi connectivity index (χ4n) is 2.55. The average Bonchev–Trinajstić information content (AvgIpc) is 3.08. The van der Waals surface area contributed by atoms with Gasteiger partial charge in [0.2, 0.25) is 0 Å². The topological polar surface area (TPSA) is 63.1 Å². The molecule has 3 rings (SSSR count). The Labute approximate surface area is 147 Å². The Bertz CT molecular complexity index is 825. The van der Waals surface area contributed by atoms with Crippen molar-refractivity contribution in [3.63, 3.8) is 0 Å². The number of aromatic nitrogens is 3. The van der Waals surface area contributed by atoms with Gasteiger partial charge in [0.25, 0.3) is 5.91 Å². The highest BCUT2D eigenvalue weighted by Gasteiger charge is 2.08. The second kappa shape index (κ2) is 7.72. The van der Waals surface area contributed by atoms with Gasteiger partial charge in [0.15, 0.2) is 0 Å². The molecule has 0 saturated heterocycles. The molecule has 0 bridgehead atoms. The molecular weight excluding hydrogens is 314 g/mol. The summed E-state index contributed by atoms with van der Waals surface area (Å²) in [5.41, 5.74) is 2.82. The fraction of sp³-hybridized carbons (Fsp3) is 0.211. The maximum Gasteiger partial charge on any atom is 0.256 e. The fourth-order valence-corrected chi connectivity index (χ4v) is 2.55. The lowest BCUT2D eigenvalue weighted by atomic mass is 10.1. The largest absolute Gasteiger partial charge is 0.333 e. The van der Waals surface area contributed by atoms with Gasteiger partial charge in [-0.25, -0.2) is 9.97 Å². The monoisotopic (exact) mass is 335 g/mol. The molecule has 0 aliphatic heterocycles. The van der Waals surface area contributed by atoms with Crippen molar-refractivity contribution in [2.24, 2.45) is 0 Å². The van der Waals surface area contributed by atoms with Crippen molar-refractivity contribution in [3.8, 4) is 0 Å². The number of imidazole rings is 1. The quantitative estimate of drug-likeness (QED) is 0.752. The van der Waals surface area contributed by atoms with Crippen molar-refractivity contribution in [1.82, 2.24) is 19.4 Å². The van der Waals surface area contributed by atoms with Gasteiger partial charge in [-0.1, -0.05) is 12.1 Å². The van der Waals surface area contributed by atoms with Gasteiger partial charge in [-0.05, 0) is 49.5 Å². The summed E-state index contributed by atoms with van der Waals surface area (Å²) in [6.45, 7) is 1.53. The highest BCUT2D eigenvalue weighted by atomic mass is 16.1. The lowest BCUT2D eigenvalue weighted by Gasteiger charge is -2.11. The number of hydrogen-bond acceptors (Lipinski definition) is 4. The lowest BCUT2D eigenvalue weighted by molar-refractivity contribution is 0.102. The second-order valence-corrected chi connectivity index (χ2v) is 6.17. The van der Waals surface area contributed by atoms with E-state index in [-0.39, 0.29) is 5.91 Å². The summed E-state index contributed by atoms with van der Waals surface area (Å²) in [5.74, 6) is 0.399. The molecular formula is C19H21N5O. The first-order chi connectivity index (χ1) is 12.1. The van der Waals surface area contributed by atoms with E-state index in [9.17, 15) is 4.79 Å². The molecule has 0 atom stereocenters. The molecule has 6 nitrogen and oxygen atoms in total. The van der Waals surface area contributed by atoms with Crippen molar-refractivity contribution in [1.29, 1.82) is 0 Å². The molecule has 0 saturated carbocycles. The highest BCUT2D eigenvalue weighted by Crippen LogP contribution is 2.12. The van der Waals surface area contributed by atoms with Crippen molar-refractivity contribution in [2.75, 3.05) is 19.4 Å². The molecule has 0 aliphatic carbocycles. The maximum atomic E-state index is 12.4. The van der Waals surface area contributed by atoms with Crippen molar-refractivity contribution in [2.45, 2.75) is 13.1 Å². The van der Waals surface area contributed by atoms with E-state index < -0.39 is 0 Å². The van der Waals surface area contributed by atoms with Crippen molar-refractivity contribution >= 4 is 11.7 Å². The molecule has 0 aliphatic rings. The van der Waals surface area contributed by atoms with E-state index in [0.717, 1.165) is 24.2 Å². The van der Waals surface area contributed by atoms with E-state index in [1.165, 1.54) is 0 Å². The first-order valence-electron chi connectivity index (χ1n) is 8.06. The molecule has 128 valence electrons. The number of benzene rings is 1. The third-order valence-electron chi connectivity index (χ3n) is 3.71. The molecule has 3 aromatic rings. The van der Waals surface area contributed by atoms with E-state index >= 15 is 0 Å². The summed E-state index contributed by atoms with van der Waals surface area (Å²) >= 11 is 0. The molecule has 25 heavy (non-hydrogen) atoms. The molecule has 1 N–H and O–H groups in total. The number of carbonyl (C=O) groups is 1. The Balaban J connectivity index is 1.65. The zero-order valence-corrected chi connectivity index (χ0v) is 14.4. The number of nitrogens with zero attached hydrogens (tertiary/aromatic N) is 4. The minimum absolute atomic E-state index is 0.163. The van der Waals surface area contributed by atoms with Crippen LogP contribution < -0.4 is 5.32 Å². The number of pyridine rings is 1. The number of rotatable bonds is 6. The Morgan fingerprint density at radius 1 is 1.12 bits per heavy atom. The first-order valence-corrected chi connectivity index (χ1v) is 8.06. The highest BCUT2D eigenvalue weighted by molar-refractivity contribution is 6.03. The maximum absolute atomic E-state index is 12.4. The van der Waals surface area contributed by atoms with E-state index in [4.69, 9.17) is 0 Å². The van der Waals surface area contributed by atoms with Gasteiger partial charge < -0.3 is 14.8 Å². The number of amides is 1. The predicted molar refractivity (Wildman–Crippen MR) is 97.4 cm³/mol. The number of nitrogens with one attached hydrogen (secondary N) is 1. The lowest BCUT2D eigenvalue weighted by Crippen LogP contribution is -2.14. The zero-order valence-electron chi connectivity index (χ0n) is 14.4. The number of hydrogen-bond donors (Lipinski definition) is 1. The number of anilines is 1. The summed E-state index contributed by atoms with van der Waals surface area (Å²) in [6, 6.07) is 11.4. The van der Waals surface area contributed by atoms with Crippen LogP contribution >= 0.6 is 0 Å². The van der Waals surface area contributed by atoms with Crippen LogP contribution in [0.25, 0.3) is 0 Å². The standard InChI is InChI=1S/C19H21N5O/c1-23(2)12-16-7-8-21-18(11-16)22-19(25)17-5-3-15(4-6-17)13-24-10-9-20-14-24/h3-11,14H,12-13H2,1-2H3,(H,21,22,25). The van der Waals surface area contributed by atoms with E-state index in [2.05, 4.69) is 20.2 Å². The van der Waals surface area contributed by atoms with Gasteiger partial charge in [-0.15, -0.1) is 0 Å². The summed E-state index contributed by atoms with van der Waals surface area (Å²) in [4.78, 5) is 22.7. The van der Waals surface area contributed by atoms with Gasteiger partial charge in [0, 0.05) is 37.2 Å². The summed E-state index contributed by atoms with van der Waals surface area (Å²) < 4.78 is 1.98. The molecule has 0 unspecified atom stereocenters. The van der Waals surface area contributed by atoms with Crippen LogP contribution in [0.15, 0.2) is 61.3 Å². The minimum Gasteiger partial charge on any atom is -0.333 e. The normalized spacial score (nSPS) is 10.8. The molecule has 2 aromatic heterocycles. The Kier molecular flexibility index (Phi) is 5.20. The van der Waals surface area contributed by atoms with Crippen LogP contribution in [0, 0.1) is 0 Å². The summed E-state index contributed by atoms with van der Waals surface area (Å²) in [5, 5.41) is 2.85. The molecule has 0 spiro atoms. The Hall–Kier alpha value is -2.99. The van der Waals surface area contributed by atoms with E-state index in [1.807, 2.05) is 61.3 Å². The van der Waals surface area contributed by atoms with Gasteiger partial charge in [-0.2, -0.15) is 0 Å². The van der Waals surface area contributed by atoms with Crippen molar-refractivity contribution < 1.29 is 4.79 Å². The molecule has 1 aromatic carbocycles. The Morgan fingerprint density at radius 3 is 2.60 bits per heavy atom. The number of carbonyl (C=O) groups excluding carboxylic acids is 1. The van der Waals surface area contributed by atoms with E-state index in [1.54, 1.807) is 18.7 Å². The SMILES string of the molecule is CN(C)Cc1ccnc(NC(=O)c2ccc(Cn3ccnc3)cc2)c1. The minimum atomic E-state index is -0.163. The van der Waals surface area contributed by atoms with Gasteiger partial charge in [0.1, 0.15) is 5.82 Å². The Morgan fingerprint density at radius 2 is 1.92 bits per heavy atom. The van der Waals surface area contributed by atoms with Crippen LogP contribution in [-0.4, -0.2) is 39.4 Å². The molecule has 6 heteroatoms. The smallest absolute Gasteiger partial charge is 0.256 e. The third-order valence-corrected chi connectivity index (χ3v) is 3.71. The zero-order chi connectivity index (χ0) is 17.6. The van der Waals surface area contributed by atoms with Crippen molar-refractivity contribution in [3.05, 3.63) is 78.0 Å². The molecule has 0 fully saturated rings. The van der Waals surface area contributed by atoms with Gasteiger partial charge in [0.05, 0.1) is 6.33 Å². The van der Waals surface area contributed by atoms with Crippen LogP contribution in [0.5, 0.6) is 0 Å². The van der Waals surface area contributed by atoms with Gasteiger partial charge in [-0.3, -0.25) is 4.79 Å². The average molecular weight is 335 g/mol. The van der Waals surface area contributed by atoms with Gasteiger partial charge >= 0.3 is 0 Å². The molecule has 0 radical (unpaired) electrons. The van der Waals surface area contributed by atoms with Crippen LogP contribution in [-0.2, 0) is 13.1 Å². The van der Waals surface area contributed by atoms with Crippen LogP contribution in [0.2, 0.25) is 0 Å². The first kappa shape index (κ1) is 16.9. The molecule has 1 amide bonds. The summed E-state index contributed by atoms with van der Waals surface area (Å²) in [7, 11) is 4.01. The van der Waals surface area contributed by atoms with Crippen LogP contribution in [0.1, 0.15) is 21.5 Å². The summed E-state index contributed by atoms with van der Waals surface area (Å²) in [6.07, 6.45) is 7.14.